The van der Waals surface area contributed by atoms with Gasteiger partial charge in [0.15, 0.2) is 11.4 Å². The zero-order valence-electron chi connectivity index (χ0n) is 35.3. The molecule has 3 fully saturated rings. The molecule has 2 N–H and O–H groups in total. The van der Waals surface area contributed by atoms with E-state index in [2.05, 4.69) is 20.8 Å². The molecule has 314 valence electrons. The number of benzene rings is 3. The second kappa shape index (κ2) is 14.9. The Hall–Kier alpha value is -4.46. The van der Waals surface area contributed by atoms with Crippen LogP contribution in [-0.2, 0) is 37.8 Å². The van der Waals surface area contributed by atoms with Crippen molar-refractivity contribution < 1.29 is 52.8 Å². The molecule has 7 rings (SSSR count). The third-order valence-electron chi connectivity index (χ3n) is 13.9. The second-order valence-electron chi connectivity index (χ2n) is 18.6. The molecule has 12 heteroatoms. The third-order valence-corrected chi connectivity index (χ3v) is 18.9. The van der Waals surface area contributed by atoms with E-state index in [4.69, 9.17) is 23.4 Å². The summed E-state index contributed by atoms with van der Waals surface area (Å²) in [6.07, 6.45) is -5.08. The van der Waals surface area contributed by atoms with Gasteiger partial charge in [-0.15, -0.1) is 0 Å². The van der Waals surface area contributed by atoms with Gasteiger partial charge in [0, 0.05) is 38.0 Å². The third kappa shape index (κ3) is 6.44. The minimum absolute atomic E-state index is 0.0541. The lowest BCUT2D eigenvalue weighted by molar-refractivity contribution is -0.344. The zero-order valence-corrected chi connectivity index (χ0v) is 36.3. The molecule has 0 amide bonds. The number of carbonyl (C=O) groups is 4. The highest BCUT2D eigenvalue weighted by Gasteiger charge is 2.78. The van der Waals surface area contributed by atoms with Gasteiger partial charge in [-0.1, -0.05) is 120 Å². The van der Waals surface area contributed by atoms with Gasteiger partial charge >= 0.3 is 17.9 Å². The molecule has 1 saturated heterocycles. The van der Waals surface area contributed by atoms with E-state index in [1.165, 1.54) is 13.8 Å². The number of fused-ring (bicyclic) bond motifs is 5. The zero-order chi connectivity index (χ0) is 42.9. The standard InChI is InChI=1S/C47H56O11Si/c1-28-34(50)26-47(53)41(56-42(52)31-19-13-10-14-20-31)39-45(9,40(51)38(55-29(2)48)37(28)44(47,7)8)35(25-36-46(39,27-54-36)57-30(3)49)58-59(43(4,5)6,32-21-15-11-16-22-32)33-23-17-12-18-24-33/h10-24,28,34-36,39,41,50,53H,25-27H2,1-9H3/t28?,34?,35?,36?,39?,41?,45-,46+,47?/m1/s1. The van der Waals surface area contributed by atoms with Gasteiger partial charge in [0.2, 0.25) is 5.78 Å². The maximum absolute atomic E-state index is 16.3. The molecule has 4 aliphatic rings. The van der Waals surface area contributed by atoms with E-state index >= 15 is 4.79 Å². The highest BCUT2D eigenvalue weighted by Crippen LogP contribution is 2.65. The molecule has 3 aromatic carbocycles. The number of aliphatic hydroxyl groups excluding tert-OH is 1. The first-order chi connectivity index (χ1) is 27.7. The predicted molar refractivity (Wildman–Crippen MR) is 221 cm³/mol. The van der Waals surface area contributed by atoms with E-state index in [1.54, 1.807) is 58.0 Å². The predicted octanol–water partition coefficient (Wildman–Crippen LogP) is 5.44. The van der Waals surface area contributed by atoms with Crippen LogP contribution in [0, 0.1) is 22.7 Å². The van der Waals surface area contributed by atoms with E-state index in [1.807, 2.05) is 60.7 Å². The highest BCUT2D eigenvalue weighted by atomic mass is 28.4. The molecule has 9 atom stereocenters. The number of hydrogen-bond acceptors (Lipinski definition) is 11. The average molecular weight is 825 g/mol. The smallest absolute Gasteiger partial charge is 0.338 e. The van der Waals surface area contributed by atoms with Crippen molar-refractivity contribution >= 4 is 42.4 Å². The number of ketones is 1. The summed E-state index contributed by atoms with van der Waals surface area (Å²) < 4.78 is 33.2. The quantitative estimate of drug-likeness (QED) is 0.170. The Morgan fingerprint density at radius 1 is 0.847 bits per heavy atom. The fourth-order valence-corrected chi connectivity index (χ4v) is 15.7. The number of allylic oxidation sites excluding steroid dienone is 1. The van der Waals surface area contributed by atoms with Gasteiger partial charge in [-0.25, -0.2) is 4.79 Å². The van der Waals surface area contributed by atoms with Gasteiger partial charge < -0.3 is 33.6 Å². The lowest BCUT2D eigenvalue weighted by atomic mass is 9.45. The minimum atomic E-state index is -3.51. The van der Waals surface area contributed by atoms with Gasteiger partial charge in [-0.2, -0.15) is 0 Å². The highest BCUT2D eigenvalue weighted by molar-refractivity contribution is 6.99. The first-order valence-electron chi connectivity index (χ1n) is 20.4. The molecule has 1 heterocycles. The van der Waals surface area contributed by atoms with Crippen LogP contribution in [0.15, 0.2) is 102 Å². The normalized spacial score (nSPS) is 32.6. The largest absolute Gasteiger partial charge is 0.455 e. The molecule has 3 aliphatic carbocycles. The molecule has 59 heavy (non-hydrogen) atoms. The number of hydrogen-bond donors (Lipinski definition) is 2. The van der Waals surface area contributed by atoms with Crippen LogP contribution in [0.25, 0.3) is 0 Å². The number of aliphatic hydroxyl groups is 2. The maximum Gasteiger partial charge on any atom is 0.338 e. The summed E-state index contributed by atoms with van der Waals surface area (Å²) in [6, 6.07) is 28.1. The summed E-state index contributed by atoms with van der Waals surface area (Å²) in [6.45, 7) is 15.4. The summed E-state index contributed by atoms with van der Waals surface area (Å²) >= 11 is 0. The van der Waals surface area contributed by atoms with E-state index in [-0.39, 0.29) is 36.3 Å². The van der Waals surface area contributed by atoms with Crippen LogP contribution in [0.1, 0.15) is 85.5 Å². The number of Topliss-reactive ketones (excluding diaryl/α,β-unsaturated/α-hetero) is 1. The lowest BCUT2D eigenvalue weighted by Crippen LogP contribution is -2.82. The van der Waals surface area contributed by atoms with E-state index in [0.29, 0.717) is 0 Å². The van der Waals surface area contributed by atoms with Crippen LogP contribution in [0.4, 0.5) is 0 Å². The van der Waals surface area contributed by atoms with Crippen molar-refractivity contribution in [1.82, 2.24) is 0 Å². The molecule has 3 aromatic rings. The molecule has 11 nitrogen and oxygen atoms in total. The summed E-state index contributed by atoms with van der Waals surface area (Å²) in [4.78, 5) is 57.2. The SMILES string of the molecule is CC(=O)OC1=C2C(C)C(O)CC(O)(C(OC(=O)c3ccccc3)C3[C@]4(OC(C)=O)COC4CC(O[Si](c4ccccc4)(c4ccccc4)C(C)(C)C)[C@@]3(C)C1=O)C2(C)C. The van der Waals surface area contributed by atoms with Crippen LogP contribution in [-0.4, -0.2) is 84.4 Å². The monoisotopic (exact) mass is 824 g/mol. The van der Waals surface area contributed by atoms with Crippen molar-refractivity contribution in [2.45, 2.75) is 116 Å². The van der Waals surface area contributed by atoms with Crippen molar-refractivity contribution in [2.75, 3.05) is 6.61 Å². The molecular weight excluding hydrogens is 769 g/mol. The maximum atomic E-state index is 16.3. The lowest BCUT2D eigenvalue weighted by Gasteiger charge is -2.68. The Labute approximate surface area is 347 Å². The van der Waals surface area contributed by atoms with Crippen LogP contribution in [0.3, 0.4) is 0 Å². The topological polar surface area (TPSA) is 155 Å². The number of rotatable bonds is 8. The van der Waals surface area contributed by atoms with Crippen molar-refractivity contribution in [3.05, 3.63) is 108 Å². The Morgan fingerprint density at radius 2 is 1.39 bits per heavy atom. The van der Waals surface area contributed by atoms with Crippen molar-refractivity contribution in [3.63, 3.8) is 0 Å². The van der Waals surface area contributed by atoms with E-state index in [9.17, 15) is 24.6 Å². The Bertz CT molecular complexity index is 2110. The molecular formula is C47H56O11Si. The molecule has 0 aromatic heterocycles. The summed E-state index contributed by atoms with van der Waals surface area (Å²) in [5.41, 5.74) is -6.72. The molecule has 0 spiro atoms. The number of ether oxygens (including phenoxy) is 4. The van der Waals surface area contributed by atoms with Crippen molar-refractivity contribution in [1.29, 1.82) is 0 Å². The fourth-order valence-electron chi connectivity index (χ4n) is 10.9. The van der Waals surface area contributed by atoms with Gasteiger partial charge in [-0.3, -0.25) is 14.4 Å². The Kier molecular flexibility index (Phi) is 10.8. The van der Waals surface area contributed by atoms with Gasteiger partial charge in [0.25, 0.3) is 8.32 Å². The van der Waals surface area contributed by atoms with Gasteiger partial charge in [0.1, 0.15) is 17.8 Å². The molecule has 1 aliphatic heterocycles. The molecule has 7 unspecified atom stereocenters. The van der Waals surface area contributed by atoms with Crippen LogP contribution in [0.2, 0.25) is 5.04 Å². The summed E-state index contributed by atoms with van der Waals surface area (Å²) in [7, 11) is -3.51. The first-order valence-corrected chi connectivity index (χ1v) is 22.3. The Morgan fingerprint density at radius 3 is 1.86 bits per heavy atom. The van der Waals surface area contributed by atoms with Crippen molar-refractivity contribution in [3.8, 4) is 0 Å². The van der Waals surface area contributed by atoms with E-state index in [0.717, 1.165) is 10.4 Å². The molecule has 2 bridgehead atoms. The molecule has 2 saturated carbocycles. The summed E-state index contributed by atoms with van der Waals surface area (Å²) in [5.74, 6) is -5.37. The van der Waals surface area contributed by atoms with Gasteiger partial charge in [0.05, 0.1) is 35.7 Å². The number of esters is 3. The molecule has 0 radical (unpaired) electrons. The number of carbonyl (C=O) groups excluding carboxylic acids is 4. The average Bonchev–Trinajstić information content (AvgIpc) is 3.17. The summed E-state index contributed by atoms with van der Waals surface area (Å²) in [5, 5.41) is 26.8. The van der Waals surface area contributed by atoms with Gasteiger partial charge in [-0.05, 0) is 40.0 Å². The first kappa shape index (κ1) is 42.7. The second-order valence-corrected chi connectivity index (χ2v) is 22.8. The van der Waals surface area contributed by atoms with Crippen molar-refractivity contribution in [2.24, 2.45) is 22.7 Å². The minimum Gasteiger partial charge on any atom is -0.455 e. The van der Waals surface area contributed by atoms with Crippen LogP contribution in [0.5, 0.6) is 0 Å². The van der Waals surface area contributed by atoms with E-state index < -0.39 is 95.3 Å². The van der Waals surface area contributed by atoms with Crippen LogP contribution < -0.4 is 10.4 Å². The fraction of sp³-hybridized carbons (Fsp3) is 0.489. The Balaban J connectivity index is 1.59. The van der Waals surface area contributed by atoms with Crippen LogP contribution >= 0.6 is 0 Å².